The summed E-state index contributed by atoms with van der Waals surface area (Å²) in [6, 6.07) is 13.6. The zero-order valence-electron chi connectivity index (χ0n) is 18.6. The van der Waals surface area contributed by atoms with Crippen molar-refractivity contribution in [1.29, 1.82) is 0 Å². The third-order valence-electron chi connectivity index (χ3n) is 6.59. The van der Waals surface area contributed by atoms with E-state index in [2.05, 4.69) is 10.6 Å². The van der Waals surface area contributed by atoms with Gasteiger partial charge in [-0.3, -0.25) is 4.79 Å². The molecule has 1 fully saturated rings. The van der Waals surface area contributed by atoms with Gasteiger partial charge < -0.3 is 20.5 Å². The molecule has 0 bridgehead atoms. The van der Waals surface area contributed by atoms with Crippen molar-refractivity contribution in [1.82, 2.24) is 10.6 Å². The van der Waals surface area contributed by atoms with Crippen LogP contribution in [0.5, 0.6) is 0 Å². The highest BCUT2D eigenvalue weighted by atomic mass is 19.3. The van der Waals surface area contributed by atoms with E-state index in [9.17, 15) is 28.3 Å². The number of hydrogen-bond donors (Lipinski definition) is 3. The van der Waals surface area contributed by atoms with Crippen LogP contribution in [-0.4, -0.2) is 47.7 Å². The SMILES string of the molecule is CC(NC(=O)CC(NC(=O)OCC1c2ccccc2-c2ccccc21)C(F)F)(C(=O)O)C1CC1. The van der Waals surface area contributed by atoms with Crippen LogP contribution < -0.4 is 10.6 Å². The molecule has 0 spiro atoms. The lowest BCUT2D eigenvalue weighted by Crippen LogP contribution is -2.55. The summed E-state index contributed by atoms with van der Waals surface area (Å²) in [5, 5.41) is 13.8. The standard InChI is InChI=1S/C25H26F2N2O5/c1-25(23(31)32,14-10-11-14)29-21(30)12-20(22(26)27)28-24(33)34-13-19-17-8-4-2-6-15(17)16-7-3-5-9-18(16)19/h2-9,14,19-20,22H,10-13H2,1H3,(H,28,33)(H,29,30)(H,31,32). The van der Waals surface area contributed by atoms with Crippen molar-refractivity contribution in [3.05, 3.63) is 59.7 Å². The van der Waals surface area contributed by atoms with Crippen LogP contribution in [0.25, 0.3) is 11.1 Å². The van der Waals surface area contributed by atoms with Crippen molar-refractivity contribution in [3.8, 4) is 11.1 Å². The molecule has 180 valence electrons. The minimum Gasteiger partial charge on any atom is -0.480 e. The second-order valence-electron chi connectivity index (χ2n) is 8.94. The summed E-state index contributed by atoms with van der Waals surface area (Å²) in [5.41, 5.74) is 2.51. The largest absolute Gasteiger partial charge is 0.480 e. The van der Waals surface area contributed by atoms with Gasteiger partial charge in [-0.05, 0) is 47.9 Å². The maximum Gasteiger partial charge on any atom is 0.407 e. The molecule has 9 heteroatoms. The van der Waals surface area contributed by atoms with Crippen LogP contribution in [0.1, 0.15) is 43.2 Å². The van der Waals surface area contributed by atoms with Crippen molar-refractivity contribution >= 4 is 18.0 Å². The van der Waals surface area contributed by atoms with Crippen molar-refractivity contribution in [2.24, 2.45) is 5.92 Å². The number of carbonyl (C=O) groups excluding carboxylic acids is 2. The summed E-state index contributed by atoms with van der Waals surface area (Å²) in [7, 11) is 0. The topological polar surface area (TPSA) is 105 Å². The third-order valence-corrected chi connectivity index (χ3v) is 6.59. The van der Waals surface area contributed by atoms with Crippen LogP contribution >= 0.6 is 0 Å². The highest BCUT2D eigenvalue weighted by Crippen LogP contribution is 2.44. The van der Waals surface area contributed by atoms with E-state index in [0.717, 1.165) is 22.3 Å². The summed E-state index contributed by atoms with van der Waals surface area (Å²) >= 11 is 0. The molecule has 0 aromatic heterocycles. The van der Waals surface area contributed by atoms with E-state index in [4.69, 9.17) is 4.74 Å². The number of ether oxygens (including phenoxy) is 1. The van der Waals surface area contributed by atoms with Crippen LogP contribution in [0.15, 0.2) is 48.5 Å². The second kappa shape index (κ2) is 9.40. The van der Waals surface area contributed by atoms with Crippen molar-refractivity contribution < 1.29 is 33.0 Å². The van der Waals surface area contributed by atoms with Gasteiger partial charge in [0, 0.05) is 5.92 Å². The average Bonchev–Trinajstić information content (AvgIpc) is 3.61. The van der Waals surface area contributed by atoms with E-state index in [-0.39, 0.29) is 18.4 Å². The number of fused-ring (bicyclic) bond motifs is 3. The van der Waals surface area contributed by atoms with Crippen LogP contribution in [0.4, 0.5) is 13.6 Å². The van der Waals surface area contributed by atoms with Crippen molar-refractivity contribution in [3.63, 3.8) is 0 Å². The average molecular weight is 472 g/mol. The molecule has 3 N–H and O–H groups in total. The zero-order valence-corrected chi connectivity index (χ0v) is 18.6. The number of halogens is 2. The first-order valence-electron chi connectivity index (χ1n) is 11.1. The molecule has 0 aliphatic heterocycles. The number of carbonyl (C=O) groups is 3. The Hall–Kier alpha value is -3.49. The van der Waals surface area contributed by atoms with Gasteiger partial charge in [-0.15, -0.1) is 0 Å². The number of aliphatic carboxylic acids is 1. The fourth-order valence-corrected chi connectivity index (χ4v) is 4.53. The second-order valence-corrected chi connectivity index (χ2v) is 8.94. The number of carboxylic acids is 1. The number of benzene rings is 2. The molecule has 2 aliphatic carbocycles. The van der Waals surface area contributed by atoms with E-state index in [1.807, 2.05) is 48.5 Å². The first-order valence-corrected chi connectivity index (χ1v) is 11.1. The minimum atomic E-state index is -3.04. The normalized spacial score (nSPS) is 17.3. The Morgan fingerprint density at radius 2 is 1.62 bits per heavy atom. The van der Waals surface area contributed by atoms with Gasteiger partial charge in [0.2, 0.25) is 5.91 Å². The lowest BCUT2D eigenvalue weighted by molar-refractivity contribution is -0.148. The van der Waals surface area contributed by atoms with Gasteiger partial charge in [0.15, 0.2) is 0 Å². The fourth-order valence-electron chi connectivity index (χ4n) is 4.53. The van der Waals surface area contributed by atoms with E-state index >= 15 is 0 Å². The maximum atomic E-state index is 13.6. The van der Waals surface area contributed by atoms with E-state index in [0.29, 0.717) is 12.8 Å². The van der Waals surface area contributed by atoms with Crippen LogP contribution in [0.3, 0.4) is 0 Å². The molecule has 34 heavy (non-hydrogen) atoms. The highest BCUT2D eigenvalue weighted by Gasteiger charge is 2.48. The number of alkyl halides is 2. The van der Waals surface area contributed by atoms with Gasteiger partial charge in [0.05, 0.1) is 6.42 Å². The summed E-state index contributed by atoms with van der Waals surface area (Å²) in [5.74, 6) is -2.57. The molecule has 2 amide bonds. The Labute approximate surface area is 195 Å². The van der Waals surface area contributed by atoms with Gasteiger partial charge >= 0.3 is 12.1 Å². The predicted octanol–water partition coefficient (Wildman–Crippen LogP) is 3.92. The van der Waals surface area contributed by atoms with Gasteiger partial charge in [0.1, 0.15) is 18.2 Å². The monoisotopic (exact) mass is 472 g/mol. The minimum absolute atomic E-state index is 0.0548. The zero-order chi connectivity index (χ0) is 24.5. The van der Waals surface area contributed by atoms with E-state index < -0.39 is 42.4 Å². The lowest BCUT2D eigenvalue weighted by atomic mass is 9.95. The number of hydrogen-bond acceptors (Lipinski definition) is 4. The maximum absolute atomic E-state index is 13.6. The number of nitrogens with one attached hydrogen (secondary N) is 2. The molecule has 0 radical (unpaired) electrons. The van der Waals surface area contributed by atoms with Crippen LogP contribution in [0, 0.1) is 5.92 Å². The first kappa shape index (κ1) is 23.7. The number of alkyl carbamates (subject to hydrolysis) is 1. The quantitative estimate of drug-likeness (QED) is 0.513. The summed E-state index contributed by atoms with van der Waals surface area (Å²) in [4.78, 5) is 36.2. The number of rotatable bonds is 9. The lowest BCUT2D eigenvalue weighted by Gasteiger charge is -2.27. The molecule has 2 atom stereocenters. The summed E-state index contributed by atoms with van der Waals surface area (Å²) in [6.45, 7) is 1.31. The first-order chi connectivity index (χ1) is 16.2. The Morgan fingerprint density at radius 1 is 1.06 bits per heavy atom. The molecule has 2 aromatic carbocycles. The summed E-state index contributed by atoms with van der Waals surface area (Å²) in [6.07, 6.45) is -3.60. The highest BCUT2D eigenvalue weighted by molar-refractivity contribution is 5.88. The van der Waals surface area contributed by atoms with E-state index in [1.165, 1.54) is 6.92 Å². The molecule has 0 heterocycles. The number of amides is 2. The molecule has 7 nitrogen and oxygen atoms in total. The Balaban J connectivity index is 1.37. The number of carboxylic acid groups (broad SMARTS) is 1. The third kappa shape index (κ3) is 4.73. The van der Waals surface area contributed by atoms with Crippen molar-refractivity contribution in [2.45, 2.75) is 50.1 Å². The Morgan fingerprint density at radius 3 is 2.12 bits per heavy atom. The molecule has 2 unspecified atom stereocenters. The predicted molar refractivity (Wildman–Crippen MR) is 120 cm³/mol. The Kier molecular flexibility index (Phi) is 6.54. The van der Waals surface area contributed by atoms with Crippen LogP contribution in [0.2, 0.25) is 0 Å². The van der Waals surface area contributed by atoms with E-state index in [1.54, 1.807) is 0 Å². The van der Waals surface area contributed by atoms with Gasteiger partial charge in [0.25, 0.3) is 6.43 Å². The van der Waals surface area contributed by atoms with Crippen molar-refractivity contribution in [2.75, 3.05) is 6.61 Å². The molecule has 2 aromatic rings. The van der Waals surface area contributed by atoms with Gasteiger partial charge in [-0.25, -0.2) is 18.4 Å². The molecular weight excluding hydrogens is 446 g/mol. The fraction of sp³-hybridized carbons (Fsp3) is 0.400. The molecular formula is C25H26F2N2O5. The van der Waals surface area contributed by atoms with Gasteiger partial charge in [-0.2, -0.15) is 0 Å². The molecule has 1 saturated carbocycles. The smallest absolute Gasteiger partial charge is 0.407 e. The molecule has 2 aliphatic rings. The molecule has 4 rings (SSSR count). The summed E-state index contributed by atoms with van der Waals surface area (Å²) < 4.78 is 32.4. The van der Waals surface area contributed by atoms with Gasteiger partial charge in [-0.1, -0.05) is 48.5 Å². The molecule has 0 saturated heterocycles. The Bertz CT molecular complexity index is 1060. The van der Waals surface area contributed by atoms with Crippen LogP contribution in [-0.2, 0) is 14.3 Å².